The number of ether oxygens (including phenoxy) is 5. The molecule has 150 heavy (non-hydrogen) atoms. The van der Waals surface area contributed by atoms with Crippen molar-refractivity contribution in [3.63, 3.8) is 0 Å². The first-order valence-corrected chi connectivity index (χ1v) is 49.9. The standard InChI is InChI=1S/C107H136N16O27/c1-9-27-86(130)106(5,103(142)144-7)88-34-17-13-11-15-19-37-94-119-80(62-147-94)102(141)150-89(35-18-14-12-16-20-36-93-118-79(61-146-93)101(140)149-88)107(6,104(143)145-8)87(28-10-2)148-95(134)45-44-91(132)112-46-24-23-29-66(96(135)120-76(49-64(3)4)84(128)54-67(30-25-47-113-105(109)110)100(139)123-48-26-33-81(123)99(138)115-59-90(108)131)53-83(127)77(50-65-38-40-72(125)41-39-65)121-98(137)70(60-124)56-85(129)78(52-69-57-114-74-32-22-21-31-73(69)74)122-97(136)68(51-71-58-111-63-116-71)55-82(126)75-42-43-92(133)117-75/h9-22,27-28,31-32,36-41,57-58,61-64,66-68,70,75-78,81,86-89,114,124-125,130H,23-26,29-30,33-35,42-56,59-60H2,1-8H3,(H2,108,131)(H,111,116)(H,112,132)(H,115,138)(H,117,133)(H,120,135)(H,121,137)(H,122,136)(H4,109,110,113)/b15-11+,16-12+,17-13-,18-14-,27-9+,28-10+,36-20+,37-19+/t66-,67-,68-,70+,75+,76+,77+,78+,81+,86?,87?,88?,89?,106?,107?/m1/s1. The summed E-state index contributed by atoms with van der Waals surface area (Å²) in [6, 6.07) is 6.55. The summed E-state index contributed by atoms with van der Waals surface area (Å²) in [5.74, 6) is -19.3. The molecule has 0 saturated carbocycles. The Kier molecular flexibility index (Phi) is 46.2. The molecule has 3 aliphatic heterocycles. The van der Waals surface area contributed by atoms with E-state index in [1.54, 1.807) is 94.6 Å². The lowest BCUT2D eigenvalue weighted by atomic mass is 9.76. The van der Waals surface area contributed by atoms with Gasteiger partial charge in [0.15, 0.2) is 40.5 Å². The van der Waals surface area contributed by atoms with Crippen molar-refractivity contribution in [3.05, 3.63) is 205 Å². The number of methoxy groups -OCH3 is 2. The second-order valence-electron chi connectivity index (χ2n) is 37.7. The summed E-state index contributed by atoms with van der Waals surface area (Å²) in [6.07, 6.45) is 21.6. The number of H-pyrrole nitrogens is 2. The summed E-state index contributed by atoms with van der Waals surface area (Å²) in [4.78, 5) is 261. The van der Waals surface area contributed by atoms with Gasteiger partial charge >= 0.3 is 29.8 Å². The molecular formula is C107H136N16O27. The Morgan fingerprint density at radius 3 is 1.81 bits per heavy atom. The van der Waals surface area contributed by atoms with E-state index in [2.05, 4.69) is 62.1 Å². The van der Waals surface area contributed by atoms with Gasteiger partial charge in [-0.25, -0.2) is 24.5 Å². The van der Waals surface area contributed by atoms with Crippen LogP contribution in [0.4, 0.5) is 0 Å². The molecule has 4 bridgehead atoms. The third kappa shape index (κ3) is 35.0. The van der Waals surface area contributed by atoms with Gasteiger partial charge in [0.1, 0.15) is 53.5 Å². The number of ketones is 4. The van der Waals surface area contributed by atoms with Gasteiger partial charge in [-0.2, -0.15) is 0 Å². The zero-order valence-corrected chi connectivity index (χ0v) is 85.3. The molecule has 2 aromatic carbocycles. The molecule has 6 aromatic rings. The van der Waals surface area contributed by atoms with E-state index in [0.29, 0.717) is 34.1 Å². The van der Waals surface area contributed by atoms with Crippen LogP contribution in [0.5, 0.6) is 5.75 Å². The van der Waals surface area contributed by atoms with Crippen LogP contribution in [0.2, 0.25) is 0 Å². The highest BCUT2D eigenvalue weighted by molar-refractivity contribution is 6.00. The number of aromatic amines is 2. The van der Waals surface area contributed by atoms with Crippen molar-refractivity contribution in [2.75, 3.05) is 47.0 Å². The molecule has 43 heteroatoms. The van der Waals surface area contributed by atoms with Crippen LogP contribution in [-0.4, -0.2) is 253 Å². The van der Waals surface area contributed by atoms with Crippen LogP contribution in [0.15, 0.2) is 174 Å². The van der Waals surface area contributed by atoms with Crippen LogP contribution < -0.4 is 48.7 Å². The van der Waals surface area contributed by atoms with Crippen molar-refractivity contribution in [2.45, 2.75) is 231 Å². The van der Waals surface area contributed by atoms with Gasteiger partial charge in [0.05, 0.1) is 82.2 Å². The highest BCUT2D eigenvalue weighted by Crippen LogP contribution is 2.39. The second kappa shape index (κ2) is 58.7. The molecule has 6 unspecified atom stereocenters. The van der Waals surface area contributed by atoms with Gasteiger partial charge < -0.3 is 111 Å². The van der Waals surface area contributed by atoms with Crippen LogP contribution in [0.3, 0.4) is 0 Å². The molecule has 17 N–H and O–H groups in total. The molecule has 2 fully saturated rings. The minimum absolute atomic E-state index is 0.00790. The lowest BCUT2D eigenvalue weighted by Crippen LogP contribution is -2.52. The maximum Gasteiger partial charge on any atom is 0.360 e. The zero-order valence-electron chi connectivity index (χ0n) is 85.3. The number of hydrogen-bond acceptors (Lipinski definition) is 31. The first-order chi connectivity index (χ1) is 71.8. The third-order valence-corrected chi connectivity index (χ3v) is 26.2. The van der Waals surface area contributed by atoms with E-state index in [1.165, 1.54) is 116 Å². The number of aromatic nitrogens is 5. The average molecular weight is 2080 g/mol. The lowest BCUT2D eigenvalue weighted by molar-refractivity contribution is -0.176. The van der Waals surface area contributed by atoms with Crippen LogP contribution in [-0.2, 0) is 115 Å². The number of aliphatic hydroxyl groups is 2. The molecule has 4 aromatic heterocycles. The highest BCUT2D eigenvalue weighted by atomic mass is 16.6. The molecule has 3 aliphatic rings. The van der Waals surface area contributed by atoms with Crippen molar-refractivity contribution in [1.29, 1.82) is 5.41 Å². The minimum atomic E-state index is -2.08. The minimum Gasteiger partial charge on any atom is -0.508 e. The summed E-state index contributed by atoms with van der Waals surface area (Å²) in [5.41, 5.74) is 8.55. The average Bonchev–Trinajstić information content (AvgIpc) is 0.965. The Morgan fingerprint density at radius 2 is 1.21 bits per heavy atom. The van der Waals surface area contributed by atoms with Gasteiger partial charge in [-0.3, -0.25) is 77.3 Å². The fourth-order valence-electron chi connectivity index (χ4n) is 17.8. The number of imidazole rings is 1. The van der Waals surface area contributed by atoms with Crippen molar-refractivity contribution >= 4 is 129 Å². The topological polar surface area (TPSA) is 657 Å². The van der Waals surface area contributed by atoms with Gasteiger partial charge in [-0.05, 0) is 127 Å². The number of esters is 5. The van der Waals surface area contributed by atoms with Crippen LogP contribution in [0, 0.1) is 45.8 Å². The van der Waals surface area contributed by atoms with Gasteiger partial charge in [0.2, 0.25) is 59.0 Å². The van der Waals surface area contributed by atoms with E-state index < -0.39 is 229 Å². The van der Waals surface area contributed by atoms with Gasteiger partial charge in [-0.15, -0.1) is 0 Å². The number of Topliss-reactive ketones (excluding diaryl/α,β-unsaturated/α-hetero) is 4. The molecule has 9 rings (SSSR count). The molecule has 15 atom stereocenters. The molecule has 0 spiro atoms. The van der Waals surface area contributed by atoms with Crippen LogP contribution in [0.1, 0.15) is 207 Å². The van der Waals surface area contributed by atoms with Gasteiger partial charge in [-0.1, -0.05) is 130 Å². The summed E-state index contributed by atoms with van der Waals surface area (Å²) < 4.78 is 39.6. The molecule has 0 radical (unpaired) electrons. The highest BCUT2D eigenvalue weighted by Gasteiger charge is 2.54. The number of rotatable bonds is 52. The number of unbranched alkanes of at least 4 members (excludes halogenated alkanes) is 1. The number of carbonyl (C=O) groups excluding carboxylic acids is 17. The fourth-order valence-corrected chi connectivity index (χ4v) is 17.8. The number of carbonyl (C=O) groups is 17. The number of allylic oxidation sites excluding steroid dienone is 10. The number of cyclic esters (lactones) is 2. The molecule has 806 valence electrons. The predicted octanol–water partition coefficient (Wildman–Crippen LogP) is 6.88. The molecule has 7 heterocycles. The predicted molar refractivity (Wildman–Crippen MR) is 545 cm³/mol. The van der Waals surface area contributed by atoms with E-state index in [0.717, 1.165) is 26.7 Å². The number of nitrogens with one attached hydrogen (secondary N) is 10. The summed E-state index contributed by atoms with van der Waals surface area (Å²) in [7, 11) is 2.21. The van der Waals surface area contributed by atoms with E-state index in [-0.39, 0.29) is 163 Å². The summed E-state index contributed by atoms with van der Waals surface area (Å²) >= 11 is 0. The van der Waals surface area contributed by atoms with Crippen molar-refractivity contribution in [2.24, 2.45) is 51.9 Å². The Labute approximate surface area is 867 Å². The zero-order chi connectivity index (χ0) is 109. The number of nitrogens with zero attached hydrogens (tertiary/aromatic N) is 4. The Hall–Kier alpha value is -15.7. The fraction of sp³-hybridized carbons (Fsp3) is 0.467. The van der Waals surface area contributed by atoms with Crippen LogP contribution in [0.25, 0.3) is 23.1 Å². The molecule has 0 aliphatic carbocycles. The molecule has 43 nitrogen and oxygen atoms in total. The van der Waals surface area contributed by atoms with Crippen molar-refractivity contribution < 1.29 is 129 Å². The quantitative estimate of drug-likeness (QED) is 0.00462. The van der Waals surface area contributed by atoms with E-state index >= 15 is 24.0 Å². The number of hydrogen-bond donors (Lipinski definition) is 15. The number of primary amides is 1. The number of aromatic hydroxyl groups is 1. The van der Waals surface area contributed by atoms with Crippen molar-refractivity contribution in [1.82, 2.24) is 67.0 Å². The second-order valence-corrected chi connectivity index (χ2v) is 37.7. The van der Waals surface area contributed by atoms with Crippen molar-refractivity contribution in [3.8, 4) is 5.75 Å². The third-order valence-electron chi connectivity index (χ3n) is 26.2. The Bertz CT molecular complexity index is 5960. The van der Waals surface area contributed by atoms with Gasteiger partial charge in [0, 0.05) is 137 Å². The summed E-state index contributed by atoms with van der Waals surface area (Å²) in [5, 5.41) is 60.3. The number of para-hydroxylation sites is 1. The summed E-state index contributed by atoms with van der Waals surface area (Å²) in [6.45, 7) is 8.13. The lowest BCUT2D eigenvalue weighted by Gasteiger charge is -2.38. The molecule has 2 saturated heterocycles. The normalized spacial score (nSPS) is 19.5. The maximum atomic E-state index is 15.6. The number of oxazole rings is 2. The maximum absolute atomic E-state index is 15.6. The van der Waals surface area contributed by atoms with E-state index in [9.17, 15) is 72.9 Å². The smallest absolute Gasteiger partial charge is 0.360 e. The van der Waals surface area contributed by atoms with E-state index in [4.69, 9.17) is 49.4 Å². The number of amides is 8. The first kappa shape index (κ1) is 118. The largest absolute Gasteiger partial charge is 0.508 e. The SMILES string of the molecule is C/C=C/C(O)C(C)(C(=O)OC)C1C\C=C/C=C/C=C/c2nc(co2)C(=O)OC(C(C)(C(=O)OC)C(/C=C/C)OC(=O)CCC(=O)NCCCC[C@H](CC(=O)[C@H](Cc2ccc(O)cc2)NC(=O)[C@H](CO)CC(=O)[C@H](Cc2c[nH]c3ccccc23)NC(=O)[C@@H](CC(=O)[C@@H]2CCC(=O)N2)Cc2cnc[nH]2)C(=O)N[C@@H](CC(C)C)C(=O)C[C@@H](CCCNC(=N)N)C(=O)N2CCC[C@H]2C(=O)NCC(N)=O)C\C=C/C=C/C=C/c2nc(co2)C(=O)O1. The van der Waals surface area contributed by atoms with Crippen LogP contribution >= 0.6 is 0 Å². The number of fused-ring (bicyclic) bond motifs is 5. The number of guanidine groups is 1. The Morgan fingerprint density at radius 1 is 0.640 bits per heavy atom. The molecular weight excluding hydrogens is 1940 g/mol. The number of aliphatic hydroxyl groups excluding tert-OH is 2. The first-order valence-electron chi connectivity index (χ1n) is 49.9. The van der Waals surface area contributed by atoms with Gasteiger partial charge in [0.25, 0.3) is 0 Å². The number of phenolic OH excluding ortho intramolecular Hbond substituents is 1. The van der Waals surface area contributed by atoms with E-state index in [1.807, 2.05) is 0 Å². The Balaban J connectivity index is 0.945. The number of phenols is 1. The molecule has 8 amide bonds. The number of benzene rings is 2. The monoisotopic (exact) mass is 2080 g/mol. The number of nitrogens with two attached hydrogens (primary N) is 2. The number of likely N-dealkylation sites (tertiary alicyclic amines) is 1.